The third-order valence-corrected chi connectivity index (χ3v) is 5.34. The SMILES string of the molecule is Cc1ccc(Oc2cc(C(=O)Nc3ccn(C)n3)cc3scc(C)c23)cc1.O=S=O. The molecule has 0 aliphatic carbocycles. The Balaban J connectivity index is 0.000000806. The van der Waals surface area contributed by atoms with Gasteiger partial charge < -0.3 is 10.1 Å². The number of carbonyl (C=O) groups excluding carboxylic acids is 1. The van der Waals surface area contributed by atoms with Crippen LogP contribution in [0.3, 0.4) is 0 Å². The largest absolute Gasteiger partial charge is 0.457 e. The number of anilines is 1. The van der Waals surface area contributed by atoms with Crippen LogP contribution in [-0.4, -0.2) is 24.1 Å². The molecule has 2 aromatic carbocycles. The maximum absolute atomic E-state index is 12.7. The normalized spacial score (nSPS) is 10.2. The second-order valence-electron chi connectivity index (χ2n) is 6.58. The van der Waals surface area contributed by atoms with Crippen LogP contribution in [0, 0.1) is 13.8 Å². The number of benzene rings is 2. The molecule has 0 aliphatic heterocycles. The summed E-state index contributed by atoms with van der Waals surface area (Å²) >= 11 is 0.853. The summed E-state index contributed by atoms with van der Waals surface area (Å²) in [6.07, 6.45) is 1.79. The first kappa shape index (κ1) is 21.4. The average Bonchev–Trinajstić information content (AvgIpc) is 3.29. The molecule has 0 fully saturated rings. The Morgan fingerprint density at radius 2 is 1.83 bits per heavy atom. The lowest BCUT2D eigenvalue weighted by Crippen LogP contribution is -2.12. The average molecular weight is 442 g/mol. The van der Waals surface area contributed by atoms with Crippen molar-refractivity contribution in [3.8, 4) is 11.5 Å². The molecule has 0 radical (unpaired) electrons. The topological polar surface area (TPSA) is 90.3 Å². The Labute approximate surface area is 180 Å². The highest BCUT2D eigenvalue weighted by atomic mass is 32.1. The van der Waals surface area contributed by atoms with E-state index in [0.717, 1.165) is 21.4 Å². The van der Waals surface area contributed by atoms with Gasteiger partial charge >= 0.3 is 11.6 Å². The number of nitrogens with zero attached hydrogens (tertiary/aromatic N) is 2. The van der Waals surface area contributed by atoms with Crippen LogP contribution in [0.2, 0.25) is 0 Å². The van der Waals surface area contributed by atoms with Gasteiger partial charge in [0.1, 0.15) is 11.5 Å². The molecular formula is C21H19N3O4S2. The number of nitrogens with one attached hydrogen (secondary N) is 1. The van der Waals surface area contributed by atoms with Crippen molar-refractivity contribution in [1.82, 2.24) is 9.78 Å². The smallest absolute Gasteiger partial charge is 0.335 e. The molecular weight excluding hydrogens is 422 g/mol. The van der Waals surface area contributed by atoms with Crippen molar-refractivity contribution < 1.29 is 17.9 Å². The van der Waals surface area contributed by atoms with Crippen LogP contribution in [0.4, 0.5) is 5.82 Å². The Morgan fingerprint density at radius 3 is 2.47 bits per heavy atom. The molecule has 4 rings (SSSR count). The minimum absolute atomic E-state index is 0.213. The maximum atomic E-state index is 12.7. The van der Waals surface area contributed by atoms with Crippen molar-refractivity contribution in [2.24, 2.45) is 7.05 Å². The van der Waals surface area contributed by atoms with E-state index in [1.807, 2.05) is 44.3 Å². The zero-order chi connectivity index (χ0) is 21.7. The van der Waals surface area contributed by atoms with E-state index in [9.17, 15) is 4.79 Å². The Bertz CT molecular complexity index is 1220. The number of ether oxygens (including phenoxy) is 1. The van der Waals surface area contributed by atoms with E-state index in [1.54, 1.807) is 34.3 Å². The molecule has 0 bridgehead atoms. The zero-order valence-corrected chi connectivity index (χ0v) is 18.2. The van der Waals surface area contributed by atoms with Crippen LogP contribution in [0.5, 0.6) is 11.5 Å². The van der Waals surface area contributed by atoms with Crippen molar-refractivity contribution in [3.05, 3.63) is 70.7 Å². The standard InChI is InChI=1S/C21H19N3O2S.O2S/c1-13-4-6-16(7-5-13)26-17-10-15(11-18-20(17)14(2)12-27-18)21(25)22-19-8-9-24(3)23-19;1-3-2/h4-12H,1-3H3,(H,22,23,25);. The molecule has 9 heteroatoms. The van der Waals surface area contributed by atoms with E-state index in [4.69, 9.17) is 13.2 Å². The summed E-state index contributed by atoms with van der Waals surface area (Å²) in [6, 6.07) is 13.3. The molecule has 1 amide bonds. The summed E-state index contributed by atoms with van der Waals surface area (Å²) in [5, 5.41) is 10.1. The van der Waals surface area contributed by atoms with Gasteiger partial charge in [0.2, 0.25) is 0 Å². The lowest BCUT2D eigenvalue weighted by molar-refractivity contribution is 0.102. The lowest BCUT2D eigenvalue weighted by Gasteiger charge is -2.11. The zero-order valence-electron chi connectivity index (χ0n) is 16.5. The molecule has 0 spiro atoms. The van der Waals surface area contributed by atoms with E-state index < -0.39 is 11.6 Å². The number of hydrogen-bond donors (Lipinski definition) is 1. The first-order valence-corrected chi connectivity index (χ1v) is 10.4. The minimum Gasteiger partial charge on any atom is -0.457 e. The predicted molar refractivity (Wildman–Crippen MR) is 118 cm³/mol. The Hall–Kier alpha value is -3.30. The number of hydrogen-bond acceptors (Lipinski definition) is 6. The van der Waals surface area contributed by atoms with Crippen molar-refractivity contribution in [2.45, 2.75) is 13.8 Å². The molecule has 4 aromatic rings. The number of amides is 1. The molecule has 2 aromatic heterocycles. The monoisotopic (exact) mass is 441 g/mol. The van der Waals surface area contributed by atoms with Crippen LogP contribution in [-0.2, 0) is 18.6 Å². The summed E-state index contributed by atoms with van der Waals surface area (Å²) in [7, 11) is 1.81. The first-order chi connectivity index (χ1) is 14.4. The summed E-state index contributed by atoms with van der Waals surface area (Å²) in [6.45, 7) is 4.09. The molecule has 7 nitrogen and oxygen atoms in total. The van der Waals surface area contributed by atoms with E-state index in [2.05, 4.69) is 22.7 Å². The van der Waals surface area contributed by atoms with Gasteiger partial charge in [0, 0.05) is 35.0 Å². The van der Waals surface area contributed by atoms with Crippen molar-refractivity contribution >= 4 is 44.7 Å². The van der Waals surface area contributed by atoms with Gasteiger partial charge in [0.15, 0.2) is 5.82 Å². The fraction of sp³-hybridized carbons (Fsp3) is 0.143. The van der Waals surface area contributed by atoms with Crippen LogP contribution >= 0.6 is 11.3 Å². The van der Waals surface area contributed by atoms with E-state index in [-0.39, 0.29) is 5.91 Å². The predicted octanol–water partition coefficient (Wildman–Crippen LogP) is 4.63. The van der Waals surface area contributed by atoms with Gasteiger partial charge in [-0.1, -0.05) is 17.7 Å². The second kappa shape index (κ2) is 9.47. The Kier molecular flexibility index (Phi) is 6.76. The number of thiophene rings is 1. The van der Waals surface area contributed by atoms with Crippen LogP contribution in [0.25, 0.3) is 10.1 Å². The van der Waals surface area contributed by atoms with Gasteiger partial charge in [0.25, 0.3) is 5.91 Å². The maximum Gasteiger partial charge on any atom is 0.335 e. The molecule has 0 saturated heterocycles. The van der Waals surface area contributed by atoms with Gasteiger partial charge in [-0.3, -0.25) is 9.48 Å². The van der Waals surface area contributed by atoms with Gasteiger partial charge in [-0.15, -0.1) is 11.3 Å². The molecule has 0 unspecified atom stereocenters. The van der Waals surface area contributed by atoms with Gasteiger partial charge in [0.05, 0.1) is 0 Å². The van der Waals surface area contributed by atoms with Crippen molar-refractivity contribution in [3.63, 3.8) is 0 Å². The molecule has 0 saturated carbocycles. The van der Waals surface area contributed by atoms with Crippen LogP contribution in [0.15, 0.2) is 54.0 Å². The number of rotatable bonds is 4. The second-order valence-corrected chi connectivity index (χ2v) is 7.63. The van der Waals surface area contributed by atoms with E-state index >= 15 is 0 Å². The number of aryl methyl sites for hydroxylation is 3. The lowest BCUT2D eigenvalue weighted by atomic mass is 10.1. The fourth-order valence-electron chi connectivity index (χ4n) is 2.90. The molecule has 0 aliphatic rings. The molecule has 0 atom stereocenters. The molecule has 2 heterocycles. The summed E-state index contributed by atoms with van der Waals surface area (Å²) in [4.78, 5) is 12.7. The fourth-order valence-corrected chi connectivity index (χ4v) is 3.89. The molecule has 1 N–H and O–H groups in total. The highest BCUT2D eigenvalue weighted by Crippen LogP contribution is 2.37. The number of aromatic nitrogens is 2. The molecule has 30 heavy (non-hydrogen) atoms. The van der Waals surface area contributed by atoms with Gasteiger partial charge in [-0.25, -0.2) is 0 Å². The number of carbonyl (C=O) groups is 1. The summed E-state index contributed by atoms with van der Waals surface area (Å²) < 4.78 is 25.4. The summed E-state index contributed by atoms with van der Waals surface area (Å²) in [5.74, 6) is 1.73. The van der Waals surface area contributed by atoms with Gasteiger partial charge in [-0.2, -0.15) is 13.5 Å². The quantitative estimate of drug-likeness (QED) is 0.499. The highest BCUT2D eigenvalue weighted by Gasteiger charge is 2.15. The van der Waals surface area contributed by atoms with Crippen LogP contribution in [0.1, 0.15) is 21.5 Å². The first-order valence-electron chi connectivity index (χ1n) is 8.90. The minimum atomic E-state index is -0.750. The Morgan fingerprint density at radius 1 is 1.13 bits per heavy atom. The molecule has 154 valence electrons. The van der Waals surface area contributed by atoms with Gasteiger partial charge in [-0.05, 0) is 49.1 Å². The van der Waals surface area contributed by atoms with Crippen LogP contribution < -0.4 is 10.1 Å². The summed E-state index contributed by atoms with van der Waals surface area (Å²) in [5.41, 5.74) is 2.84. The van der Waals surface area contributed by atoms with E-state index in [0.29, 0.717) is 17.1 Å². The third-order valence-electron chi connectivity index (χ3n) is 4.29. The van der Waals surface area contributed by atoms with Crippen molar-refractivity contribution in [2.75, 3.05) is 5.32 Å². The highest BCUT2D eigenvalue weighted by molar-refractivity contribution is 7.51. The van der Waals surface area contributed by atoms with E-state index in [1.165, 1.54) is 5.56 Å². The third kappa shape index (κ3) is 5.00. The van der Waals surface area contributed by atoms with Crippen molar-refractivity contribution in [1.29, 1.82) is 0 Å². The number of fused-ring (bicyclic) bond motifs is 1.